The number of ether oxygens (including phenoxy) is 3. The average molecular weight is 378 g/mol. The average Bonchev–Trinajstić information content (AvgIpc) is 2.71. The number of hydrogen-bond acceptors (Lipinski definition) is 5. The predicted molar refractivity (Wildman–Crippen MR) is 107 cm³/mol. The summed E-state index contributed by atoms with van der Waals surface area (Å²) in [6.07, 6.45) is 0. The molecule has 0 radical (unpaired) electrons. The number of fused-ring (bicyclic) bond motifs is 1. The van der Waals surface area contributed by atoms with E-state index in [1.807, 2.05) is 49.4 Å². The number of esters is 1. The van der Waals surface area contributed by atoms with Crippen LogP contribution in [0.3, 0.4) is 0 Å². The zero-order valence-electron chi connectivity index (χ0n) is 15.9. The van der Waals surface area contributed by atoms with Crippen LogP contribution in [0.15, 0.2) is 60.7 Å². The van der Waals surface area contributed by atoms with Crippen LogP contribution < -0.4 is 9.47 Å². The van der Waals surface area contributed by atoms with Gasteiger partial charge in [0.15, 0.2) is 12.4 Å². The minimum atomic E-state index is -0.496. The highest BCUT2D eigenvalue weighted by Gasteiger charge is 2.11. The first-order chi connectivity index (χ1) is 13.6. The van der Waals surface area contributed by atoms with Gasteiger partial charge in [0, 0.05) is 11.1 Å². The molecular formula is C23H22O5. The molecule has 0 unspecified atom stereocenters. The van der Waals surface area contributed by atoms with E-state index in [4.69, 9.17) is 14.2 Å². The molecular weight excluding hydrogens is 356 g/mol. The lowest BCUT2D eigenvalue weighted by molar-refractivity contribution is -0.147. The number of rotatable bonds is 8. The molecule has 144 valence electrons. The molecule has 0 N–H and O–H groups in total. The van der Waals surface area contributed by atoms with Gasteiger partial charge in [-0.15, -0.1) is 0 Å². The number of carbonyl (C=O) groups is 2. The SMILES string of the molecule is CCOc1ccc(C(C)=O)cc1COC(=O)COc1ccc2ccccc2c1. The van der Waals surface area contributed by atoms with E-state index < -0.39 is 5.97 Å². The fourth-order valence-electron chi connectivity index (χ4n) is 2.81. The molecule has 5 heteroatoms. The highest BCUT2D eigenvalue weighted by molar-refractivity contribution is 5.94. The predicted octanol–water partition coefficient (Wildman–Crippen LogP) is 4.56. The molecule has 0 atom stereocenters. The Morgan fingerprint density at radius 1 is 0.893 bits per heavy atom. The Kier molecular flexibility index (Phi) is 6.27. The third-order valence-corrected chi connectivity index (χ3v) is 4.23. The molecule has 3 aromatic rings. The Morgan fingerprint density at radius 2 is 1.68 bits per heavy atom. The number of benzene rings is 3. The van der Waals surface area contributed by atoms with E-state index in [2.05, 4.69) is 0 Å². The second-order valence-electron chi connectivity index (χ2n) is 6.27. The standard InChI is InChI=1S/C23H22O5/c1-3-26-22-11-9-18(16(2)24)12-20(22)14-28-23(25)15-27-21-10-8-17-6-4-5-7-19(17)13-21/h4-13H,3,14-15H2,1-2H3. The molecule has 0 saturated carbocycles. The van der Waals surface area contributed by atoms with Gasteiger partial charge in [-0.1, -0.05) is 30.3 Å². The lowest BCUT2D eigenvalue weighted by Gasteiger charge is -2.12. The Balaban J connectivity index is 1.60. The molecule has 0 fully saturated rings. The van der Waals surface area contributed by atoms with E-state index in [1.165, 1.54) is 6.92 Å². The second kappa shape index (κ2) is 9.04. The minimum absolute atomic E-state index is 0.0103. The van der Waals surface area contributed by atoms with Crippen molar-refractivity contribution in [3.05, 3.63) is 71.8 Å². The van der Waals surface area contributed by atoms with E-state index in [9.17, 15) is 9.59 Å². The van der Waals surface area contributed by atoms with Gasteiger partial charge >= 0.3 is 5.97 Å². The molecule has 0 heterocycles. The third kappa shape index (κ3) is 4.88. The molecule has 0 aromatic heterocycles. The summed E-state index contributed by atoms with van der Waals surface area (Å²) in [7, 11) is 0. The highest BCUT2D eigenvalue weighted by Crippen LogP contribution is 2.23. The van der Waals surface area contributed by atoms with Gasteiger partial charge in [-0.2, -0.15) is 0 Å². The largest absolute Gasteiger partial charge is 0.493 e. The molecule has 0 bridgehead atoms. The molecule has 28 heavy (non-hydrogen) atoms. The van der Waals surface area contributed by atoms with Crippen molar-refractivity contribution in [2.45, 2.75) is 20.5 Å². The first kappa shape index (κ1) is 19.4. The van der Waals surface area contributed by atoms with Crippen LogP contribution in [0.4, 0.5) is 0 Å². The fraction of sp³-hybridized carbons (Fsp3) is 0.217. The summed E-state index contributed by atoms with van der Waals surface area (Å²) in [5.74, 6) is 0.638. The summed E-state index contributed by atoms with van der Waals surface area (Å²) in [5.41, 5.74) is 1.19. The zero-order chi connectivity index (χ0) is 19.9. The maximum absolute atomic E-state index is 12.1. The van der Waals surface area contributed by atoms with Crippen LogP contribution in [0.5, 0.6) is 11.5 Å². The Bertz CT molecular complexity index is 993. The monoisotopic (exact) mass is 378 g/mol. The minimum Gasteiger partial charge on any atom is -0.493 e. The molecule has 0 aliphatic rings. The Morgan fingerprint density at radius 3 is 2.43 bits per heavy atom. The van der Waals surface area contributed by atoms with Crippen molar-refractivity contribution in [1.29, 1.82) is 0 Å². The maximum atomic E-state index is 12.1. The lowest BCUT2D eigenvalue weighted by atomic mass is 10.1. The van der Waals surface area contributed by atoms with Gasteiger partial charge in [-0.05, 0) is 55.0 Å². The Hall–Kier alpha value is -3.34. The normalized spacial score (nSPS) is 10.5. The summed E-state index contributed by atoms with van der Waals surface area (Å²) >= 11 is 0. The molecule has 0 aliphatic carbocycles. The van der Waals surface area contributed by atoms with Crippen molar-refractivity contribution in [2.24, 2.45) is 0 Å². The van der Waals surface area contributed by atoms with E-state index in [0.29, 0.717) is 29.2 Å². The summed E-state index contributed by atoms with van der Waals surface area (Å²) < 4.78 is 16.4. The van der Waals surface area contributed by atoms with Crippen LogP contribution in [-0.4, -0.2) is 25.0 Å². The highest BCUT2D eigenvalue weighted by atomic mass is 16.6. The molecule has 0 spiro atoms. The van der Waals surface area contributed by atoms with E-state index in [0.717, 1.165) is 10.8 Å². The van der Waals surface area contributed by atoms with Gasteiger partial charge in [0.1, 0.15) is 18.1 Å². The second-order valence-corrected chi connectivity index (χ2v) is 6.27. The van der Waals surface area contributed by atoms with Crippen LogP contribution in [0.25, 0.3) is 10.8 Å². The van der Waals surface area contributed by atoms with Gasteiger partial charge in [0.2, 0.25) is 0 Å². The summed E-state index contributed by atoms with van der Waals surface area (Å²) in [6.45, 7) is 3.64. The number of hydrogen-bond donors (Lipinski definition) is 0. The van der Waals surface area contributed by atoms with E-state index in [-0.39, 0.29) is 19.0 Å². The summed E-state index contributed by atoms with van der Waals surface area (Å²) in [4.78, 5) is 23.7. The van der Waals surface area contributed by atoms with Crippen molar-refractivity contribution in [3.63, 3.8) is 0 Å². The van der Waals surface area contributed by atoms with Crippen LogP contribution in [-0.2, 0) is 16.1 Å². The summed E-state index contributed by atoms with van der Waals surface area (Å²) in [5, 5.41) is 2.14. The van der Waals surface area contributed by atoms with Crippen molar-refractivity contribution >= 4 is 22.5 Å². The molecule has 3 rings (SSSR count). The number of ketones is 1. The van der Waals surface area contributed by atoms with Crippen LogP contribution in [0, 0.1) is 0 Å². The summed E-state index contributed by atoms with van der Waals surface area (Å²) in [6, 6.07) is 18.7. The Labute approximate surface area is 163 Å². The molecule has 0 saturated heterocycles. The lowest BCUT2D eigenvalue weighted by Crippen LogP contribution is -2.15. The van der Waals surface area contributed by atoms with Gasteiger partial charge in [-0.25, -0.2) is 4.79 Å². The van der Waals surface area contributed by atoms with Crippen LogP contribution in [0.1, 0.15) is 29.8 Å². The van der Waals surface area contributed by atoms with Gasteiger partial charge in [0.25, 0.3) is 0 Å². The van der Waals surface area contributed by atoms with E-state index >= 15 is 0 Å². The van der Waals surface area contributed by atoms with E-state index in [1.54, 1.807) is 18.2 Å². The molecule has 5 nitrogen and oxygen atoms in total. The topological polar surface area (TPSA) is 61.8 Å². The van der Waals surface area contributed by atoms with Gasteiger partial charge in [-0.3, -0.25) is 4.79 Å². The number of carbonyl (C=O) groups excluding carboxylic acids is 2. The zero-order valence-corrected chi connectivity index (χ0v) is 15.9. The first-order valence-corrected chi connectivity index (χ1v) is 9.10. The fourth-order valence-corrected chi connectivity index (χ4v) is 2.81. The quantitative estimate of drug-likeness (QED) is 0.425. The van der Waals surface area contributed by atoms with Crippen molar-refractivity contribution < 1.29 is 23.8 Å². The van der Waals surface area contributed by atoms with Crippen molar-refractivity contribution in [2.75, 3.05) is 13.2 Å². The third-order valence-electron chi connectivity index (χ3n) is 4.23. The van der Waals surface area contributed by atoms with Gasteiger partial charge in [0.05, 0.1) is 6.61 Å². The van der Waals surface area contributed by atoms with Crippen molar-refractivity contribution in [1.82, 2.24) is 0 Å². The first-order valence-electron chi connectivity index (χ1n) is 9.10. The maximum Gasteiger partial charge on any atom is 0.344 e. The molecule has 0 aliphatic heterocycles. The molecule has 0 amide bonds. The van der Waals surface area contributed by atoms with Crippen LogP contribution >= 0.6 is 0 Å². The smallest absolute Gasteiger partial charge is 0.344 e. The van der Waals surface area contributed by atoms with Gasteiger partial charge < -0.3 is 14.2 Å². The van der Waals surface area contributed by atoms with Crippen LogP contribution in [0.2, 0.25) is 0 Å². The molecule has 3 aromatic carbocycles. The van der Waals surface area contributed by atoms with Crippen molar-refractivity contribution in [3.8, 4) is 11.5 Å². The number of Topliss-reactive ketones (excluding diaryl/α,β-unsaturated/α-hetero) is 1.